The molecular weight excluding hydrogens is 308 g/mol. The fraction of sp³-hybridized carbons (Fsp3) is 0.316. The lowest BCUT2D eigenvalue weighted by molar-refractivity contribution is -0.138. The topological polar surface area (TPSA) is 76.0 Å². The molecule has 0 aromatic heterocycles. The smallest absolute Gasteiger partial charge is 0.310 e. The van der Waals surface area contributed by atoms with Crippen LogP contribution >= 0.6 is 0 Å². The quantitative estimate of drug-likeness (QED) is 0.739. The molecule has 0 aliphatic carbocycles. The minimum atomic E-state index is -0.866. The number of aliphatic carboxylic acids is 1. The van der Waals surface area contributed by atoms with Crippen molar-refractivity contribution in [1.82, 2.24) is 0 Å². The minimum absolute atomic E-state index is 0.114. The van der Waals surface area contributed by atoms with Crippen LogP contribution in [0.15, 0.2) is 54.6 Å². The molecule has 1 unspecified atom stereocenters. The molecule has 0 saturated carbocycles. The summed E-state index contributed by atoms with van der Waals surface area (Å²) >= 11 is 0. The molecule has 24 heavy (non-hydrogen) atoms. The van der Waals surface area contributed by atoms with Gasteiger partial charge >= 0.3 is 5.97 Å². The van der Waals surface area contributed by atoms with Crippen molar-refractivity contribution in [3.63, 3.8) is 0 Å². The summed E-state index contributed by atoms with van der Waals surface area (Å²) in [7, 11) is 0. The van der Waals surface area contributed by atoms with E-state index in [4.69, 9.17) is 14.6 Å². The van der Waals surface area contributed by atoms with Crippen LogP contribution in [0.3, 0.4) is 0 Å². The molecule has 2 aromatic carbocycles. The lowest BCUT2D eigenvalue weighted by Gasteiger charge is -2.13. The van der Waals surface area contributed by atoms with Gasteiger partial charge in [0.05, 0.1) is 19.1 Å². The summed E-state index contributed by atoms with van der Waals surface area (Å²) in [6.45, 7) is 2.37. The summed E-state index contributed by atoms with van der Waals surface area (Å²) in [5.41, 5.74) is 1.76. The number of ether oxygens (including phenoxy) is 2. The third kappa shape index (κ3) is 5.68. The van der Waals surface area contributed by atoms with E-state index < -0.39 is 18.0 Å². The van der Waals surface area contributed by atoms with Gasteiger partial charge < -0.3 is 19.7 Å². The molecule has 0 aliphatic rings. The Bertz CT molecular complexity index is 624. The highest BCUT2D eigenvalue weighted by Gasteiger charge is 2.13. The Morgan fingerprint density at radius 1 is 1.04 bits per heavy atom. The molecule has 128 valence electrons. The lowest BCUT2D eigenvalue weighted by atomic mass is 10.0. The molecule has 2 aromatic rings. The number of hydrogen-bond donors (Lipinski definition) is 2. The van der Waals surface area contributed by atoms with E-state index in [1.165, 1.54) is 0 Å². The molecule has 0 radical (unpaired) electrons. The van der Waals surface area contributed by atoms with E-state index in [1.54, 1.807) is 31.2 Å². The molecule has 0 saturated heterocycles. The molecule has 2 rings (SSSR count). The van der Waals surface area contributed by atoms with Crippen molar-refractivity contribution in [2.45, 2.75) is 25.6 Å². The van der Waals surface area contributed by atoms with E-state index in [9.17, 15) is 9.90 Å². The molecule has 0 fully saturated rings. The third-order valence-corrected chi connectivity index (χ3v) is 3.61. The van der Waals surface area contributed by atoms with Gasteiger partial charge in [-0.15, -0.1) is 0 Å². The van der Waals surface area contributed by atoms with Crippen LogP contribution < -0.4 is 4.74 Å². The van der Waals surface area contributed by atoms with Gasteiger partial charge in [-0.2, -0.15) is 0 Å². The van der Waals surface area contributed by atoms with Crippen molar-refractivity contribution in [2.24, 2.45) is 0 Å². The van der Waals surface area contributed by atoms with E-state index in [2.05, 4.69) is 0 Å². The highest BCUT2D eigenvalue weighted by Crippen LogP contribution is 2.19. The second-order valence-corrected chi connectivity index (χ2v) is 5.59. The van der Waals surface area contributed by atoms with Crippen LogP contribution in [0.5, 0.6) is 5.75 Å². The number of benzene rings is 2. The van der Waals surface area contributed by atoms with Gasteiger partial charge in [-0.1, -0.05) is 42.5 Å². The Kier molecular flexibility index (Phi) is 6.78. The Labute approximate surface area is 141 Å². The molecule has 5 nitrogen and oxygen atoms in total. The average Bonchev–Trinajstić information content (AvgIpc) is 2.60. The predicted octanol–water partition coefficient (Wildman–Crippen LogP) is 2.83. The van der Waals surface area contributed by atoms with Gasteiger partial charge in [-0.25, -0.2) is 0 Å². The Morgan fingerprint density at radius 2 is 1.71 bits per heavy atom. The first-order valence-electron chi connectivity index (χ1n) is 7.81. The highest BCUT2D eigenvalue weighted by atomic mass is 16.5. The number of rotatable bonds is 9. The number of aliphatic hydroxyl groups excluding tert-OH is 1. The second kappa shape index (κ2) is 9.05. The van der Waals surface area contributed by atoms with Gasteiger partial charge in [0.1, 0.15) is 18.5 Å². The van der Waals surface area contributed by atoms with Crippen LogP contribution in [0, 0.1) is 0 Å². The molecule has 0 spiro atoms. The minimum Gasteiger partial charge on any atom is -0.491 e. The number of aliphatic hydroxyl groups is 1. The largest absolute Gasteiger partial charge is 0.491 e. The first kappa shape index (κ1) is 18.0. The van der Waals surface area contributed by atoms with E-state index >= 15 is 0 Å². The van der Waals surface area contributed by atoms with Gasteiger partial charge in [0.25, 0.3) is 0 Å². The van der Waals surface area contributed by atoms with E-state index in [0.717, 1.165) is 5.56 Å². The first-order valence-corrected chi connectivity index (χ1v) is 7.81. The molecular formula is C19H22O5. The molecule has 2 N–H and O–H groups in total. The van der Waals surface area contributed by atoms with Crippen molar-refractivity contribution in [3.05, 3.63) is 65.7 Å². The van der Waals surface area contributed by atoms with E-state index in [1.807, 2.05) is 30.3 Å². The fourth-order valence-electron chi connectivity index (χ4n) is 2.12. The Balaban J connectivity index is 1.71. The zero-order valence-corrected chi connectivity index (χ0v) is 13.6. The summed E-state index contributed by atoms with van der Waals surface area (Å²) in [4.78, 5) is 10.9. The van der Waals surface area contributed by atoms with Crippen LogP contribution in [0.25, 0.3) is 0 Å². The lowest BCUT2D eigenvalue weighted by Crippen LogP contribution is -2.23. The zero-order valence-electron chi connectivity index (χ0n) is 13.6. The molecule has 0 amide bonds. The fourth-order valence-corrected chi connectivity index (χ4v) is 2.12. The predicted molar refractivity (Wildman–Crippen MR) is 90.1 cm³/mol. The Hall–Kier alpha value is -2.37. The summed E-state index contributed by atoms with van der Waals surface area (Å²) in [6.07, 6.45) is -0.730. The Morgan fingerprint density at radius 3 is 2.33 bits per heavy atom. The van der Waals surface area contributed by atoms with Crippen molar-refractivity contribution >= 4 is 5.97 Å². The maximum Gasteiger partial charge on any atom is 0.310 e. The van der Waals surface area contributed by atoms with Crippen LogP contribution in [0.2, 0.25) is 0 Å². The SMILES string of the molecule is C[C@H](C(=O)O)c1ccc(OCC(O)COCc2ccccc2)cc1. The standard InChI is InChI=1S/C19H22O5/c1-14(19(21)22)16-7-9-18(10-8-16)24-13-17(20)12-23-11-15-5-3-2-4-6-15/h2-10,14,17,20H,11-13H2,1H3,(H,21,22)/t14-,17?/m0/s1. The summed E-state index contributed by atoms with van der Waals surface area (Å²) in [5.74, 6) is -0.843. The average molecular weight is 330 g/mol. The van der Waals surface area contributed by atoms with Gasteiger partial charge in [0.15, 0.2) is 0 Å². The summed E-state index contributed by atoms with van der Waals surface area (Å²) < 4.78 is 10.9. The summed E-state index contributed by atoms with van der Waals surface area (Å²) in [5, 5.41) is 18.8. The molecule has 0 heterocycles. The summed E-state index contributed by atoms with van der Waals surface area (Å²) in [6, 6.07) is 16.6. The van der Waals surface area contributed by atoms with Crippen molar-refractivity contribution < 1.29 is 24.5 Å². The van der Waals surface area contributed by atoms with Gasteiger partial charge in [-0.05, 0) is 30.2 Å². The van der Waals surface area contributed by atoms with Crippen molar-refractivity contribution in [3.8, 4) is 5.75 Å². The molecule has 0 bridgehead atoms. The molecule has 0 aliphatic heterocycles. The molecule has 5 heteroatoms. The first-order chi connectivity index (χ1) is 11.6. The van der Waals surface area contributed by atoms with Crippen LogP contribution in [0.1, 0.15) is 24.0 Å². The number of carboxylic acids is 1. The van der Waals surface area contributed by atoms with Gasteiger partial charge in [0.2, 0.25) is 0 Å². The van der Waals surface area contributed by atoms with E-state index in [0.29, 0.717) is 17.9 Å². The second-order valence-electron chi connectivity index (χ2n) is 5.59. The van der Waals surface area contributed by atoms with Crippen LogP contribution in [-0.4, -0.2) is 35.5 Å². The number of hydrogen-bond acceptors (Lipinski definition) is 4. The molecule has 2 atom stereocenters. The highest BCUT2D eigenvalue weighted by molar-refractivity contribution is 5.75. The maximum absolute atomic E-state index is 10.9. The van der Waals surface area contributed by atoms with Gasteiger partial charge in [-0.3, -0.25) is 4.79 Å². The van der Waals surface area contributed by atoms with Crippen LogP contribution in [-0.2, 0) is 16.1 Å². The monoisotopic (exact) mass is 330 g/mol. The number of carboxylic acid groups (broad SMARTS) is 1. The van der Waals surface area contributed by atoms with E-state index in [-0.39, 0.29) is 13.2 Å². The maximum atomic E-state index is 10.9. The van der Waals surface area contributed by atoms with Crippen molar-refractivity contribution in [1.29, 1.82) is 0 Å². The van der Waals surface area contributed by atoms with Crippen LogP contribution in [0.4, 0.5) is 0 Å². The normalized spacial score (nSPS) is 13.2. The zero-order chi connectivity index (χ0) is 17.4. The third-order valence-electron chi connectivity index (χ3n) is 3.61. The van der Waals surface area contributed by atoms with Crippen molar-refractivity contribution in [2.75, 3.05) is 13.2 Å². The number of carbonyl (C=O) groups is 1. The van der Waals surface area contributed by atoms with Gasteiger partial charge in [0, 0.05) is 0 Å².